The number of aromatic nitrogens is 3. The number of anilines is 3. The second-order valence-electron chi connectivity index (χ2n) is 10.3. The lowest BCUT2D eigenvalue weighted by Crippen LogP contribution is -2.69. The van der Waals surface area contributed by atoms with Gasteiger partial charge in [0.1, 0.15) is 17.3 Å². The van der Waals surface area contributed by atoms with Crippen LogP contribution in [0.25, 0.3) is 0 Å². The van der Waals surface area contributed by atoms with E-state index in [0.717, 1.165) is 0 Å². The molecule has 2 amide bonds. The van der Waals surface area contributed by atoms with Gasteiger partial charge in [0.15, 0.2) is 17.0 Å². The fourth-order valence-electron chi connectivity index (χ4n) is 5.25. The molecule has 42 heavy (non-hydrogen) atoms. The molecule has 1 spiro atoms. The van der Waals surface area contributed by atoms with Gasteiger partial charge in [0.25, 0.3) is 5.91 Å². The summed E-state index contributed by atoms with van der Waals surface area (Å²) in [6.45, 7) is -0.784. The molecule has 3 N–H and O–H groups in total. The summed E-state index contributed by atoms with van der Waals surface area (Å²) < 4.78 is 59.2. The summed E-state index contributed by atoms with van der Waals surface area (Å²) in [4.78, 5) is 40.7. The number of aliphatic hydroxyl groups is 1. The molecule has 1 atom stereocenters. The zero-order chi connectivity index (χ0) is 29.9. The van der Waals surface area contributed by atoms with Crippen molar-refractivity contribution in [3.63, 3.8) is 0 Å². The topological polar surface area (TPSA) is 133 Å². The average Bonchev–Trinajstić information content (AvgIpc) is 3.35. The third-order valence-electron chi connectivity index (χ3n) is 7.50. The van der Waals surface area contributed by atoms with Crippen molar-refractivity contribution in [3.8, 4) is 0 Å². The minimum atomic E-state index is -4.72. The van der Waals surface area contributed by atoms with Gasteiger partial charge in [-0.1, -0.05) is 17.7 Å². The SMILES string of the molecule is O=C1Nc2ccc(Cl)c(F)c2[C@]2(CCN(c3cncc(C(=O)NCc4ccc(N5CC(O)(C(F)(F)F)C5)nc4)n3)C2)O1. The number of carbonyl (C=O) groups is 2. The quantitative estimate of drug-likeness (QED) is 0.373. The van der Waals surface area contributed by atoms with Crippen molar-refractivity contribution >= 4 is 40.9 Å². The lowest BCUT2D eigenvalue weighted by molar-refractivity contribution is -0.267. The number of benzene rings is 1. The molecule has 3 aliphatic heterocycles. The van der Waals surface area contributed by atoms with E-state index in [2.05, 4.69) is 25.6 Å². The number of nitrogens with zero attached hydrogens (tertiary/aromatic N) is 5. The van der Waals surface area contributed by atoms with Gasteiger partial charge < -0.3 is 25.0 Å². The summed E-state index contributed by atoms with van der Waals surface area (Å²) in [5.41, 5.74) is -3.07. The van der Waals surface area contributed by atoms with E-state index in [4.69, 9.17) is 16.3 Å². The van der Waals surface area contributed by atoms with Crippen LogP contribution in [-0.4, -0.2) is 70.0 Å². The zero-order valence-electron chi connectivity index (χ0n) is 21.6. The Balaban J connectivity index is 1.10. The molecule has 220 valence electrons. The van der Waals surface area contributed by atoms with Crippen LogP contribution in [0.4, 0.5) is 39.7 Å². The molecule has 11 nitrogen and oxygen atoms in total. The van der Waals surface area contributed by atoms with Gasteiger partial charge in [-0.3, -0.25) is 15.1 Å². The fraction of sp³-hybridized carbons (Fsp3) is 0.346. The van der Waals surface area contributed by atoms with Gasteiger partial charge in [-0.25, -0.2) is 19.2 Å². The van der Waals surface area contributed by atoms with Gasteiger partial charge in [0.05, 0.1) is 48.3 Å². The first-order valence-electron chi connectivity index (χ1n) is 12.7. The number of alkyl halides is 3. The van der Waals surface area contributed by atoms with E-state index in [0.29, 0.717) is 17.9 Å². The number of hydrogen-bond donors (Lipinski definition) is 3. The summed E-state index contributed by atoms with van der Waals surface area (Å²) in [6, 6.07) is 5.97. The van der Waals surface area contributed by atoms with E-state index in [9.17, 15) is 27.9 Å². The maximum absolute atomic E-state index is 15.1. The monoisotopic (exact) mass is 607 g/mol. The van der Waals surface area contributed by atoms with Crippen LogP contribution in [0.3, 0.4) is 0 Å². The molecule has 6 rings (SSSR count). The van der Waals surface area contributed by atoms with Crippen LogP contribution in [0.5, 0.6) is 0 Å². The first-order valence-corrected chi connectivity index (χ1v) is 13.1. The number of halogens is 5. The summed E-state index contributed by atoms with van der Waals surface area (Å²) in [6.07, 6.45) is -1.07. The van der Waals surface area contributed by atoms with Crippen LogP contribution in [0.2, 0.25) is 5.02 Å². The Kier molecular flexibility index (Phi) is 6.61. The molecule has 2 fully saturated rings. The second kappa shape index (κ2) is 9.94. The Labute approximate surface area is 240 Å². The van der Waals surface area contributed by atoms with E-state index in [1.54, 1.807) is 11.0 Å². The molecular weight excluding hydrogens is 586 g/mol. The number of fused-ring (bicyclic) bond motifs is 2. The number of amides is 2. The molecule has 1 aromatic carbocycles. The molecule has 2 saturated heterocycles. The highest BCUT2D eigenvalue weighted by Gasteiger charge is 2.61. The third kappa shape index (κ3) is 4.81. The highest BCUT2D eigenvalue weighted by Crippen LogP contribution is 2.46. The van der Waals surface area contributed by atoms with Gasteiger partial charge >= 0.3 is 12.3 Å². The third-order valence-corrected chi connectivity index (χ3v) is 7.80. The van der Waals surface area contributed by atoms with Crippen molar-refractivity contribution in [2.45, 2.75) is 30.3 Å². The highest BCUT2D eigenvalue weighted by atomic mass is 35.5. The minimum absolute atomic E-state index is 0.00183. The molecule has 5 heterocycles. The maximum Gasteiger partial charge on any atom is 0.420 e. The Bertz CT molecular complexity index is 1570. The van der Waals surface area contributed by atoms with Crippen LogP contribution >= 0.6 is 11.6 Å². The maximum atomic E-state index is 15.1. The van der Waals surface area contributed by atoms with Crippen molar-refractivity contribution in [3.05, 3.63) is 70.5 Å². The molecular formula is C26H22ClF4N7O4. The summed E-state index contributed by atoms with van der Waals surface area (Å²) >= 11 is 6.01. The molecule has 0 unspecified atom stereocenters. The lowest BCUT2D eigenvalue weighted by atomic mass is 9.89. The van der Waals surface area contributed by atoms with E-state index in [1.165, 1.54) is 41.7 Å². The van der Waals surface area contributed by atoms with Gasteiger partial charge in [0, 0.05) is 25.7 Å². The predicted molar refractivity (Wildman–Crippen MR) is 141 cm³/mol. The second-order valence-corrected chi connectivity index (χ2v) is 10.7. The largest absolute Gasteiger partial charge is 0.436 e. The van der Waals surface area contributed by atoms with Crippen molar-refractivity contribution in [1.82, 2.24) is 20.3 Å². The number of ether oxygens (including phenoxy) is 1. The molecule has 0 bridgehead atoms. The van der Waals surface area contributed by atoms with Crippen molar-refractivity contribution < 1.29 is 37.0 Å². The van der Waals surface area contributed by atoms with Gasteiger partial charge in [-0.15, -0.1) is 0 Å². The van der Waals surface area contributed by atoms with E-state index >= 15 is 4.39 Å². The number of nitrogens with one attached hydrogen (secondary N) is 2. The molecule has 3 aromatic rings. The Morgan fingerprint density at radius 2 is 1.90 bits per heavy atom. The zero-order valence-corrected chi connectivity index (χ0v) is 22.3. The van der Waals surface area contributed by atoms with E-state index in [1.807, 2.05) is 0 Å². The van der Waals surface area contributed by atoms with E-state index < -0.39 is 48.3 Å². The molecule has 0 aliphatic carbocycles. The van der Waals surface area contributed by atoms with Gasteiger partial charge in [-0.2, -0.15) is 13.2 Å². The standard InChI is InChI=1S/C26H22ClF4N7O4/c27-15-2-3-16-20(21(15)28)24(42-23(40)36-16)5-6-37(11-24)19-10-32-9-17(35-19)22(39)34-8-14-1-4-18(33-7-14)38-12-25(41,13-38)26(29,30)31/h1-4,7,9-10,41H,5-6,8,11-13H2,(H,34,39)(H,36,40)/t24-/m1/s1. The number of carbonyl (C=O) groups excluding carboxylic acids is 2. The molecule has 16 heteroatoms. The smallest absolute Gasteiger partial charge is 0.420 e. The molecule has 3 aliphatic rings. The van der Waals surface area contributed by atoms with Crippen LogP contribution in [-0.2, 0) is 16.9 Å². The Hall–Kier alpha value is -4.24. The predicted octanol–water partition coefficient (Wildman–Crippen LogP) is 3.38. The summed E-state index contributed by atoms with van der Waals surface area (Å²) in [7, 11) is 0. The Morgan fingerprint density at radius 3 is 2.62 bits per heavy atom. The molecule has 2 aromatic heterocycles. The summed E-state index contributed by atoms with van der Waals surface area (Å²) in [5.74, 6) is -0.648. The van der Waals surface area contributed by atoms with Crippen molar-refractivity contribution in [2.24, 2.45) is 0 Å². The minimum Gasteiger partial charge on any atom is -0.436 e. The number of pyridine rings is 1. The number of rotatable bonds is 5. The average molecular weight is 608 g/mol. The number of hydrogen-bond acceptors (Lipinski definition) is 9. The lowest BCUT2D eigenvalue weighted by Gasteiger charge is -2.47. The van der Waals surface area contributed by atoms with Crippen LogP contribution in [0, 0.1) is 5.82 Å². The Morgan fingerprint density at radius 1 is 1.12 bits per heavy atom. The van der Waals surface area contributed by atoms with Crippen molar-refractivity contribution in [1.29, 1.82) is 0 Å². The van der Waals surface area contributed by atoms with Crippen LogP contribution in [0.1, 0.15) is 28.0 Å². The van der Waals surface area contributed by atoms with Gasteiger partial charge in [0.2, 0.25) is 0 Å². The molecule has 0 saturated carbocycles. The first kappa shape index (κ1) is 27.9. The van der Waals surface area contributed by atoms with Gasteiger partial charge in [-0.05, 0) is 23.8 Å². The normalized spacial score (nSPS) is 21.0. The fourth-order valence-corrected chi connectivity index (χ4v) is 5.41. The summed E-state index contributed by atoms with van der Waals surface area (Å²) in [5, 5.41) is 14.7. The van der Waals surface area contributed by atoms with Crippen LogP contribution < -0.4 is 20.4 Å². The number of β-amino-alcohol motifs (C(OH)–C–C–N with tert-alkyl or cyclic N) is 1. The first-order chi connectivity index (χ1) is 19.9. The van der Waals surface area contributed by atoms with Crippen LogP contribution in [0.15, 0.2) is 42.9 Å². The highest BCUT2D eigenvalue weighted by molar-refractivity contribution is 6.31. The molecule has 0 radical (unpaired) electrons. The van der Waals surface area contributed by atoms with E-state index in [-0.39, 0.29) is 47.3 Å². The van der Waals surface area contributed by atoms with Crippen molar-refractivity contribution in [2.75, 3.05) is 41.3 Å².